The Balaban J connectivity index is 1.21. The standard InChI is InChI=1S/C40H58FN5O5S2/c1-39(2,3)28-40(4,5)51-36-10-8-32(26-34(36)41)53(49,50)37-27-42-35-9-7-31(52(6)48)25-33(35)38(37)46-17-13-29(14-18-46)44-15-11-30(12-16-44)45-21-19-43(20-22-45)23-24-47/h7-10,25-27,29-30,47H,11-24,28H2,1-6H3. The van der Waals surface area contributed by atoms with Gasteiger partial charge in [-0.1, -0.05) is 20.8 Å². The van der Waals surface area contributed by atoms with Crippen LogP contribution in [-0.4, -0.2) is 127 Å². The molecular formula is C40H58FN5O5S2. The first-order chi connectivity index (χ1) is 25.0. The van der Waals surface area contributed by atoms with Crippen LogP contribution in [0.3, 0.4) is 0 Å². The summed E-state index contributed by atoms with van der Waals surface area (Å²) in [5.41, 5.74) is 0.443. The fourth-order valence-electron chi connectivity index (χ4n) is 8.87. The van der Waals surface area contributed by atoms with Crippen molar-refractivity contribution in [1.29, 1.82) is 0 Å². The second kappa shape index (κ2) is 16.3. The number of fused-ring (bicyclic) bond motifs is 1. The molecule has 1 atom stereocenters. The van der Waals surface area contributed by atoms with Crippen molar-refractivity contribution in [3.8, 4) is 5.75 Å². The molecule has 4 heterocycles. The molecule has 1 N–H and O–H groups in total. The molecular weight excluding hydrogens is 714 g/mol. The smallest absolute Gasteiger partial charge is 0.210 e. The molecule has 10 nitrogen and oxygen atoms in total. The molecule has 3 saturated heterocycles. The Kier molecular flexibility index (Phi) is 12.3. The summed E-state index contributed by atoms with van der Waals surface area (Å²) in [5, 5.41) is 9.92. The number of aliphatic hydroxyl groups excluding tert-OH is 1. The zero-order valence-electron chi connectivity index (χ0n) is 32.3. The van der Waals surface area contributed by atoms with E-state index in [1.165, 1.54) is 18.3 Å². The van der Waals surface area contributed by atoms with Crippen LogP contribution < -0.4 is 9.64 Å². The largest absolute Gasteiger partial charge is 0.612 e. The van der Waals surface area contributed by atoms with Gasteiger partial charge < -0.3 is 24.2 Å². The molecule has 0 spiro atoms. The van der Waals surface area contributed by atoms with Crippen molar-refractivity contribution < 1.29 is 27.2 Å². The highest BCUT2D eigenvalue weighted by Crippen LogP contribution is 2.40. The molecule has 0 aliphatic carbocycles. The van der Waals surface area contributed by atoms with Gasteiger partial charge in [0.25, 0.3) is 0 Å². The summed E-state index contributed by atoms with van der Waals surface area (Å²) < 4.78 is 63.2. The first-order valence-corrected chi connectivity index (χ1v) is 22.1. The van der Waals surface area contributed by atoms with Crippen LogP contribution in [0.5, 0.6) is 5.75 Å². The Morgan fingerprint density at radius 2 is 1.53 bits per heavy atom. The normalized spacial score (nSPS) is 20.3. The fraction of sp³-hybridized carbons (Fsp3) is 0.625. The molecule has 2 aromatic carbocycles. The van der Waals surface area contributed by atoms with E-state index in [-0.39, 0.29) is 27.6 Å². The summed E-state index contributed by atoms with van der Waals surface area (Å²) in [4.78, 5) is 14.7. The lowest BCUT2D eigenvalue weighted by molar-refractivity contribution is 0.0396. The van der Waals surface area contributed by atoms with Crippen molar-refractivity contribution in [2.24, 2.45) is 5.41 Å². The first-order valence-electron chi connectivity index (χ1n) is 19.1. The highest BCUT2D eigenvalue weighted by molar-refractivity contribution is 7.91. The van der Waals surface area contributed by atoms with Crippen LogP contribution in [0.2, 0.25) is 0 Å². The quantitative estimate of drug-likeness (QED) is 0.248. The molecule has 53 heavy (non-hydrogen) atoms. The van der Waals surface area contributed by atoms with Gasteiger partial charge >= 0.3 is 0 Å². The van der Waals surface area contributed by atoms with Gasteiger partial charge in [0, 0.05) is 75.5 Å². The van der Waals surface area contributed by atoms with Crippen LogP contribution in [0, 0.1) is 11.2 Å². The summed E-state index contributed by atoms with van der Waals surface area (Å²) >= 11 is -1.28. The van der Waals surface area contributed by atoms with E-state index in [1.54, 1.807) is 24.5 Å². The maximum absolute atomic E-state index is 15.6. The van der Waals surface area contributed by atoms with Crippen LogP contribution >= 0.6 is 0 Å². The number of aliphatic hydroxyl groups is 1. The maximum Gasteiger partial charge on any atom is 0.210 e. The number of piperazine rings is 1. The van der Waals surface area contributed by atoms with Gasteiger partial charge in [-0.25, -0.2) is 12.8 Å². The number of nitrogens with zero attached hydrogens (tertiary/aromatic N) is 5. The van der Waals surface area contributed by atoms with Gasteiger partial charge in [-0.3, -0.25) is 14.8 Å². The summed E-state index contributed by atoms with van der Waals surface area (Å²) in [6, 6.07) is 10.2. The lowest BCUT2D eigenvalue weighted by Gasteiger charge is -2.46. The number of halogens is 1. The number of anilines is 1. The Morgan fingerprint density at radius 1 is 0.906 bits per heavy atom. The number of likely N-dealkylation sites (tertiary alicyclic amines) is 1. The van der Waals surface area contributed by atoms with Gasteiger partial charge in [0.15, 0.2) is 16.5 Å². The van der Waals surface area contributed by atoms with E-state index in [1.807, 2.05) is 13.8 Å². The molecule has 0 radical (unpaired) electrons. The monoisotopic (exact) mass is 771 g/mol. The SMILES string of the molecule is C[S+]([O-])c1ccc2ncc(S(=O)(=O)c3ccc(OC(C)(C)CC(C)(C)C)c(F)c3)c(N3CCC(N4CCC(N5CCN(CCO)CC5)CC4)CC3)c2c1. The van der Waals surface area contributed by atoms with Crippen molar-refractivity contribution in [2.75, 3.05) is 76.7 Å². The maximum atomic E-state index is 15.6. The van der Waals surface area contributed by atoms with Gasteiger partial charge in [0.2, 0.25) is 9.84 Å². The first kappa shape index (κ1) is 40.2. The van der Waals surface area contributed by atoms with Crippen LogP contribution in [-0.2, 0) is 21.0 Å². The van der Waals surface area contributed by atoms with E-state index in [0.717, 1.165) is 77.6 Å². The Labute approximate surface area is 318 Å². The number of pyridine rings is 1. The van der Waals surface area contributed by atoms with Crippen molar-refractivity contribution in [3.05, 3.63) is 48.4 Å². The second-order valence-electron chi connectivity index (χ2n) is 16.9. The predicted molar refractivity (Wildman–Crippen MR) is 210 cm³/mol. The van der Waals surface area contributed by atoms with Gasteiger partial charge in [-0.2, -0.15) is 0 Å². The molecule has 0 bridgehead atoms. The van der Waals surface area contributed by atoms with Gasteiger partial charge in [-0.05, 0) is 106 Å². The molecule has 3 fully saturated rings. The Hall–Kier alpha value is -2.52. The third kappa shape index (κ3) is 9.48. The van der Waals surface area contributed by atoms with E-state index >= 15 is 4.39 Å². The predicted octanol–water partition coefficient (Wildman–Crippen LogP) is 5.58. The zero-order valence-corrected chi connectivity index (χ0v) is 33.9. The highest BCUT2D eigenvalue weighted by Gasteiger charge is 2.35. The van der Waals surface area contributed by atoms with Crippen LogP contribution in [0.1, 0.15) is 66.7 Å². The van der Waals surface area contributed by atoms with Gasteiger partial charge in [0.05, 0.1) is 22.7 Å². The van der Waals surface area contributed by atoms with Crippen LogP contribution in [0.15, 0.2) is 57.3 Å². The molecule has 3 aliphatic rings. The average Bonchev–Trinajstić information content (AvgIpc) is 3.11. The average molecular weight is 772 g/mol. The van der Waals surface area contributed by atoms with Gasteiger partial charge in [0.1, 0.15) is 16.8 Å². The number of benzene rings is 2. The summed E-state index contributed by atoms with van der Waals surface area (Å²) in [5.74, 6) is -0.725. The molecule has 6 rings (SSSR count). The molecule has 1 aromatic heterocycles. The third-order valence-corrected chi connectivity index (χ3v) is 13.8. The molecule has 3 aromatic rings. The number of β-amino-alcohol motifs (C(OH)–C–C–N with tert-alkyl or cyclic N) is 1. The van der Waals surface area contributed by atoms with E-state index < -0.39 is 32.4 Å². The fourth-order valence-corrected chi connectivity index (χ4v) is 10.9. The number of ether oxygens (including phenoxy) is 1. The number of sulfone groups is 1. The topological polar surface area (TPSA) is 113 Å². The van der Waals surface area contributed by atoms with E-state index in [4.69, 9.17) is 4.74 Å². The lowest BCUT2D eigenvalue weighted by Crippen LogP contribution is -2.55. The van der Waals surface area contributed by atoms with E-state index in [0.29, 0.717) is 53.1 Å². The minimum Gasteiger partial charge on any atom is -0.612 e. The number of hydrogen-bond acceptors (Lipinski definition) is 10. The molecule has 1 unspecified atom stereocenters. The summed E-state index contributed by atoms with van der Waals surface area (Å²) in [7, 11) is -4.22. The van der Waals surface area contributed by atoms with Crippen molar-refractivity contribution in [1.82, 2.24) is 19.7 Å². The van der Waals surface area contributed by atoms with E-state index in [2.05, 4.69) is 45.4 Å². The number of rotatable bonds is 11. The zero-order chi connectivity index (χ0) is 38.1. The summed E-state index contributed by atoms with van der Waals surface area (Å²) in [6.07, 6.45) is 7.73. The molecule has 0 amide bonds. The lowest BCUT2D eigenvalue weighted by atomic mass is 9.83. The number of hydrogen-bond donors (Lipinski definition) is 1. The second-order valence-corrected chi connectivity index (χ2v) is 20.2. The van der Waals surface area contributed by atoms with Crippen molar-refractivity contribution >= 4 is 37.6 Å². The Morgan fingerprint density at radius 3 is 2.11 bits per heavy atom. The minimum atomic E-state index is -4.22. The Bertz CT molecular complexity index is 1830. The van der Waals surface area contributed by atoms with Crippen molar-refractivity contribution in [2.45, 2.75) is 99.1 Å². The molecule has 292 valence electrons. The molecule has 3 aliphatic heterocycles. The van der Waals surface area contributed by atoms with Crippen LogP contribution in [0.4, 0.5) is 10.1 Å². The van der Waals surface area contributed by atoms with Gasteiger partial charge in [-0.15, -0.1) is 0 Å². The third-order valence-electron chi connectivity index (χ3n) is 11.1. The van der Waals surface area contributed by atoms with E-state index in [9.17, 15) is 18.1 Å². The number of aromatic nitrogens is 1. The van der Waals surface area contributed by atoms with Crippen molar-refractivity contribution in [3.63, 3.8) is 0 Å². The minimum absolute atomic E-state index is 0.0110. The molecule has 0 saturated carbocycles. The summed E-state index contributed by atoms with van der Waals surface area (Å²) in [6.45, 7) is 18.6. The van der Waals surface area contributed by atoms with Crippen LogP contribution in [0.25, 0.3) is 10.9 Å². The number of piperidine rings is 2. The highest BCUT2D eigenvalue weighted by atomic mass is 32.2. The molecule has 13 heteroatoms.